The molecule has 0 aromatic heterocycles. The standard InChI is InChI=1S/C83H134O17P2/c1-5-9-13-17-21-25-29-32-35-37-38-40-42-45-49-52-56-60-64-68-81(86)94-74-79(100-83(88)70-66-62-58-54-50-46-43-39-36-33-30-26-22-18-14-10-6-2)76-98-102(91,92)96-72-77(84)71-95-101(89,90)97-75-78(99-82(87)69-65-61-57-53-47-28-24-20-16-12-8-4)73-93-80(85)67-63-59-55-51-48-44-41-34-31-27-23-19-15-11-7-3/h9-11,13-15,21-23,25-27,32-36,38,40-41,43,45-46,49,54,56,58,60,77-79,84H,5-8,12,16-20,24,28-31,37,39,42,44,47-48,50-53,55,57,59,61-76H2,1-4H3,(H,89,90)(H,91,92)/b13-9-,14-10-,15-11-,25-21-,26-22-,27-23-,35-32-,36-33-,40-38-,41-34-,46-43-,49-45-,58-54-,60-56-. The molecule has 0 aliphatic carbocycles. The number of unbranched alkanes of at least 4 members (excludes halogenated alkanes) is 16. The maximum Gasteiger partial charge on any atom is 0.472 e. The van der Waals surface area contributed by atoms with E-state index in [1.54, 1.807) is 0 Å². The summed E-state index contributed by atoms with van der Waals surface area (Å²) in [6.07, 6.45) is 86.6. The lowest BCUT2D eigenvalue weighted by molar-refractivity contribution is -0.161. The van der Waals surface area contributed by atoms with Crippen molar-refractivity contribution in [3.05, 3.63) is 170 Å². The van der Waals surface area contributed by atoms with E-state index >= 15 is 0 Å². The SMILES string of the molecule is CC/C=C\C/C=C\C/C=C\C/C=C\C/C=C\C/C=C\CCC(=O)OCC(COP(=O)(O)OCC(O)COP(=O)(O)OCC(COC(=O)CCCCCCC/C=C\C/C=C\C/C=C\CC)OC(=O)CCCCCCCCCCCCC)OC(=O)CCC/C=C\C/C=C\C/C=C\C/C=C\C/C=C\CC. The van der Waals surface area contributed by atoms with Crippen molar-refractivity contribution in [2.45, 2.75) is 290 Å². The number of hydrogen-bond acceptors (Lipinski definition) is 15. The topological polar surface area (TPSA) is 237 Å². The third-order valence-corrected chi connectivity index (χ3v) is 17.1. The van der Waals surface area contributed by atoms with Crippen molar-refractivity contribution < 1.29 is 80.2 Å². The lowest BCUT2D eigenvalue weighted by Gasteiger charge is -2.21. The van der Waals surface area contributed by atoms with Crippen LogP contribution in [0.4, 0.5) is 0 Å². The summed E-state index contributed by atoms with van der Waals surface area (Å²) in [4.78, 5) is 72.8. The van der Waals surface area contributed by atoms with Crippen LogP contribution in [0.2, 0.25) is 0 Å². The molecule has 102 heavy (non-hydrogen) atoms. The minimum absolute atomic E-state index is 0.00558. The Kier molecular flexibility index (Phi) is 69.7. The zero-order chi connectivity index (χ0) is 74.6. The molecule has 3 N–H and O–H groups in total. The van der Waals surface area contributed by atoms with Crippen molar-refractivity contribution in [1.82, 2.24) is 0 Å². The van der Waals surface area contributed by atoms with Crippen LogP contribution >= 0.6 is 15.6 Å². The molecule has 0 spiro atoms. The van der Waals surface area contributed by atoms with Gasteiger partial charge in [0.2, 0.25) is 0 Å². The van der Waals surface area contributed by atoms with E-state index in [4.69, 9.17) is 37.0 Å². The first kappa shape index (κ1) is 96.4. The highest BCUT2D eigenvalue weighted by Crippen LogP contribution is 2.45. The minimum atomic E-state index is -5.01. The number of carbonyl (C=O) groups excluding carboxylic acids is 4. The molecule has 0 aliphatic rings. The Hall–Kier alpha value is -5.58. The summed E-state index contributed by atoms with van der Waals surface area (Å²) in [6, 6.07) is 0. The second kappa shape index (κ2) is 73.7. The van der Waals surface area contributed by atoms with Crippen molar-refractivity contribution in [3.63, 3.8) is 0 Å². The molecule has 0 rings (SSSR count). The Labute approximate surface area is 616 Å². The van der Waals surface area contributed by atoms with E-state index in [1.165, 1.54) is 38.5 Å². The average molecular weight is 1470 g/mol. The van der Waals surface area contributed by atoms with E-state index < -0.39 is 97.5 Å². The quantitative estimate of drug-likeness (QED) is 0.0169. The molecule has 0 radical (unpaired) electrons. The van der Waals surface area contributed by atoms with Gasteiger partial charge in [0, 0.05) is 25.7 Å². The van der Waals surface area contributed by atoms with Crippen LogP contribution in [0.3, 0.4) is 0 Å². The first-order valence-corrected chi connectivity index (χ1v) is 41.4. The van der Waals surface area contributed by atoms with Crippen molar-refractivity contribution in [1.29, 1.82) is 0 Å². The molecular formula is C83H134O17P2. The van der Waals surface area contributed by atoms with E-state index in [1.807, 2.05) is 30.4 Å². The summed E-state index contributed by atoms with van der Waals surface area (Å²) in [5, 5.41) is 10.6. The van der Waals surface area contributed by atoms with Crippen LogP contribution in [-0.4, -0.2) is 96.7 Å². The van der Waals surface area contributed by atoms with Crippen molar-refractivity contribution in [2.24, 2.45) is 0 Å². The highest BCUT2D eigenvalue weighted by atomic mass is 31.2. The average Bonchev–Trinajstić information content (AvgIpc) is 0.921. The lowest BCUT2D eigenvalue weighted by atomic mass is 10.1. The maximum absolute atomic E-state index is 13.1. The van der Waals surface area contributed by atoms with E-state index in [0.29, 0.717) is 38.5 Å². The van der Waals surface area contributed by atoms with Gasteiger partial charge in [0.05, 0.1) is 26.4 Å². The van der Waals surface area contributed by atoms with Gasteiger partial charge < -0.3 is 33.8 Å². The second-order valence-corrected chi connectivity index (χ2v) is 27.7. The molecule has 0 heterocycles. The largest absolute Gasteiger partial charge is 0.472 e. The van der Waals surface area contributed by atoms with Gasteiger partial charge in [-0.15, -0.1) is 0 Å². The molecule has 0 fully saturated rings. The Morgan fingerprint density at radius 2 is 0.539 bits per heavy atom. The highest BCUT2D eigenvalue weighted by molar-refractivity contribution is 7.47. The first-order chi connectivity index (χ1) is 49.7. The number of ether oxygens (including phenoxy) is 4. The Morgan fingerprint density at radius 3 is 0.882 bits per heavy atom. The lowest BCUT2D eigenvalue weighted by Crippen LogP contribution is -2.30. The summed E-state index contributed by atoms with van der Waals surface area (Å²) < 4.78 is 68.3. The number of allylic oxidation sites excluding steroid dienone is 28. The Morgan fingerprint density at radius 1 is 0.284 bits per heavy atom. The number of aliphatic hydroxyl groups excluding tert-OH is 1. The number of phosphoric acid groups is 2. The van der Waals surface area contributed by atoms with Crippen molar-refractivity contribution >= 4 is 39.5 Å². The van der Waals surface area contributed by atoms with Crippen LogP contribution in [0.1, 0.15) is 272 Å². The molecule has 578 valence electrons. The van der Waals surface area contributed by atoms with E-state index in [-0.39, 0.29) is 25.7 Å². The number of phosphoric ester groups is 2. The predicted molar refractivity (Wildman–Crippen MR) is 417 cm³/mol. The summed E-state index contributed by atoms with van der Waals surface area (Å²) in [5.41, 5.74) is 0. The zero-order valence-corrected chi connectivity index (χ0v) is 64.8. The predicted octanol–water partition coefficient (Wildman–Crippen LogP) is 22.2. The molecule has 0 bridgehead atoms. The van der Waals surface area contributed by atoms with Gasteiger partial charge in [-0.1, -0.05) is 281 Å². The molecule has 5 unspecified atom stereocenters. The van der Waals surface area contributed by atoms with Gasteiger partial charge in [-0.25, -0.2) is 9.13 Å². The Balaban J connectivity index is 5.48. The van der Waals surface area contributed by atoms with Gasteiger partial charge >= 0.3 is 39.5 Å². The second-order valence-electron chi connectivity index (χ2n) is 24.8. The van der Waals surface area contributed by atoms with Crippen LogP contribution in [0.5, 0.6) is 0 Å². The minimum Gasteiger partial charge on any atom is -0.462 e. The molecule has 19 heteroatoms. The van der Waals surface area contributed by atoms with Gasteiger partial charge in [-0.05, 0) is 135 Å². The Bertz CT molecular complexity index is 2600. The van der Waals surface area contributed by atoms with Gasteiger partial charge in [0.1, 0.15) is 19.3 Å². The third kappa shape index (κ3) is 72.8. The smallest absolute Gasteiger partial charge is 0.462 e. The molecule has 0 aromatic carbocycles. The number of rotatable bonds is 70. The summed E-state index contributed by atoms with van der Waals surface area (Å²) in [5.74, 6) is -2.37. The van der Waals surface area contributed by atoms with Crippen molar-refractivity contribution in [2.75, 3.05) is 39.6 Å². The van der Waals surface area contributed by atoms with Crippen LogP contribution < -0.4 is 0 Å². The van der Waals surface area contributed by atoms with E-state index in [9.17, 15) is 43.2 Å². The number of hydrogen-bond donors (Lipinski definition) is 3. The summed E-state index contributed by atoms with van der Waals surface area (Å²) >= 11 is 0. The first-order valence-electron chi connectivity index (χ1n) is 38.4. The highest BCUT2D eigenvalue weighted by Gasteiger charge is 2.30. The van der Waals surface area contributed by atoms with Gasteiger partial charge in [-0.3, -0.25) is 37.3 Å². The fraction of sp³-hybridized carbons (Fsp3) is 0.614. The van der Waals surface area contributed by atoms with Gasteiger partial charge in [-0.2, -0.15) is 0 Å². The van der Waals surface area contributed by atoms with Crippen LogP contribution in [0.25, 0.3) is 0 Å². The number of carbonyl (C=O) groups is 4. The van der Waals surface area contributed by atoms with E-state index in [0.717, 1.165) is 141 Å². The molecule has 0 aliphatic heterocycles. The molecule has 0 saturated heterocycles. The number of aliphatic hydroxyl groups is 1. The molecular weight excluding hydrogens is 1330 g/mol. The fourth-order valence-corrected chi connectivity index (χ4v) is 11.1. The summed E-state index contributed by atoms with van der Waals surface area (Å²) in [6.45, 7) is 4.33. The summed E-state index contributed by atoms with van der Waals surface area (Å²) in [7, 11) is -10.0. The van der Waals surface area contributed by atoms with Crippen LogP contribution in [0.15, 0.2) is 170 Å². The van der Waals surface area contributed by atoms with Crippen LogP contribution in [0, 0.1) is 0 Å². The zero-order valence-electron chi connectivity index (χ0n) is 63.0. The normalized spacial score (nSPS) is 14.9. The molecule has 0 amide bonds. The molecule has 17 nitrogen and oxygen atoms in total. The van der Waals surface area contributed by atoms with Crippen molar-refractivity contribution in [3.8, 4) is 0 Å². The fourth-order valence-electron chi connectivity index (χ4n) is 9.47. The maximum atomic E-state index is 13.1. The van der Waals surface area contributed by atoms with Gasteiger partial charge in [0.25, 0.3) is 0 Å². The molecule has 5 atom stereocenters. The molecule has 0 aromatic rings. The van der Waals surface area contributed by atoms with Gasteiger partial charge in [0.15, 0.2) is 12.2 Å². The monoisotopic (exact) mass is 1460 g/mol. The van der Waals surface area contributed by atoms with Crippen LogP contribution in [-0.2, 0) is 65.4 Å². The number of esters is 4. The molecule has 0 saturated carbocycles. The third-order valence-electron chi connectivity index (χ3n) is 15.2. The van der Waals surface area contributed by atoms with E-state index in [2.05, 4.69) is 167 Å².